The Bertz CT molecular complexity index is 591. The van der Waals surface area contributed by atoms with Crippen molar-refractivity contribution in [3.63, 3.8) is 0 Å². The molecule has 22 heavy (non-hydrogen) atoms. The van der Waals surface area contributed by atoms with E-state index in [0.717, 1.165) is 25.5 Å². The van der Waals surface area contributed by atoms with E-state index in [9.17, 15) is 8.42 Å². The van der Waals surface area contributed by atoms with Crippen molar-refractivity contribution in [3.8, 4) is 0 Å². The van der Waals surface area contributed by atoms with Gasteiger partial charge < -0.3 is 15.1 Å². The lowest BCUT2D eigenvalue weighted by Crippen LogP contribution is -2.36. The van der Waals surface area contributed by atoms with Gasteiger partial charge in [0.15, 0.2) is 9.84 Å². The highest BCUT2D eigenvalue weighted by Gasteiger charge is 2.32. The minimum Gasteiger partial charge on any atom is -0.353 e. The third kappa shape index (κ3) is 4.54. The van der Waals surface area contributed by atoms with Gasteiger partial charge in [-0.15, -0.1) is 0 Å². The molecule has 0 aromatic carbocycles. The average molecular weight is 327 g/mol. The number of aromatic nitrogens is 2. The smallest absolute Gasteiger partial charge is 0.224 e. The number of anilines is 2. The topological polar surface area (TPSA) is 78.4 Å². The molecule has 1 aliphatic heterocycles. The van der Waals surface area contributed by atoms with Gasteiger partial charge in [-0.05, 0) is 33.5 Å². The monoisotopic (exact) mass is 327 g/mol. The molecule has 124 valence electrons. The first-order valence-corrected chi connectivity index (χ1v) is 9.42. The SMILES string of the molecule is CCN(c1ccnc(NCCN(C)C)n1)C1CCS(=O)(=O)C1. The molecule has 8 heteroatoms. The Kier molecular flexibility index (Phi) is 5.57. The fourth-order valence-electron chi connectivity index (χ4n) is 2.61. The van der Waals surface area contributed by atoms with Crippen molar-refractivity contribution in [2.24, 2.45) is 0 Å². The largest absolute Gasteiger partial charge is 0.353 e. The van der Waals surface area contributed by atoms with Crippen molar-refractivity contribution >= 4 is 21.6 Å². The summed E-state index contributed by atoms with van der Waals surface area (Å²) in [5, 5.41) is 3.19. The van der Waals surface area contributed by atoms with Crippen LogP contribution < -0.4 is 10.2 Å². The van der Waals surface area contributed by atoms with E-state index < -0.39 is 9.84 Å². The van der Waals surface area contributed by atoms with Crippen molar-refractivity contribution in [1.29, 1.82) is 0 Å². The first kappa shape index (κ1) is 17.0. The van der Waals surface area contributed by atoms with Crippen LogP contribution in [0.25, 0.3) is 0 Å². The van der Waals surface area contributed by atoms with Gasteiger partial charge in [0.2, 0.25) is 5.95 Å². The Morgan fingerprint density at radius 2 is 2.18 bits per heavy atom. The Hall–Kier alpha value is -1.41. The highest BCUT2D eigenvalue weighted by molar-refractivity contribution is 7.91. The minimum atomic E-state index is -2.90. The van der Waals surface area contributed by atoms with E-state index >= 15 is 0 Å². The van der Waals surface area contributed by atoms with Gasteiger partial charge in [0.1, 0.15) is 5.82 Å². The molecule has 7 nitrogen and oxygen atoms in total. The molecule has 2 rings (SSSR count). The van der Waals surface area contributed by atoms with Gasteiger partial charge in [-0.25, -0.2) is 13.4 Å². The summed E-state index contributed by atoms with van der Waals surface area (Å²) in [7, 11) is 1.13. The molecule has 0 spiro atoms. The van der Waals surface area contributed by atoms with Crippen molar-refractivity contribution in [1.82, 2.24) is 14.9 Å². The van der Waals surface area contributed by atoms with E-state index in [0.29, 0.717) is 12.4 Å². The molecule has 1 N–H and O–H groups in total. The van der Waals surface area contributed by atoms with Crippen molar-refractivity contribution in [2.75, 3.05) is 55.5 Å². The molecule has 1 fully saturated rings. The molecule has 0 radical (unpaired) electrons. The number of rotatable bonds is 7. The van der Waals surface area contributed by atoms with Gasteiger partial charge in [-0.3, -0.25) is 0 Å². The minimum absolute atomic E-state index is 0.0134. The molecule has 1 aromatic heterocycles. The second-order valence-electron chi connectivity index (χ2n) is 5.81. The van der Waals surface area contributed by atoms with Gasteiger partial charge in [0, 0.05) is 31.9 Å². The van der Waals surface area contributed by atoms with Crippen LogP contribution in [0.4, 0.5) is 11.8 Å². The van der Waals surface area contributed by atoms with Crippen LogP contribution in [0.2, 0.25) is 0 Å². The lowest BCUT2D eigenvalue weighted by molar-refractivity contribution is 0.425. The van der Waals surface area contributed by atoms with Crippen LogP contribution in [-0.2, 0) is 9.84 Å². The first-order chi connectivity index (χ1) is 10.4. The van der Waals surface area contributed by atoms with Crippen LogP contribution in [0.15, 0.2) is 12.3 Å². The molecular weight excluding hydrogens is 302 g/mol. The molecule has 0 bridgehead atoms. The predicted molar refractivity (Wildman–Crippen MR) is 89.2 cm³/mol. The van der Waals surface area contributed by atoms with Gasteiger partial charge in [-0.2, -0.15) is 4.98 Å². The molecule has 1 aromatic rings. The number of hydrogen-bond acceptors (Lipinski definition) is 7. The quantitative estimate of drug-likeness (QED) is 0.779. The van der Waals surface area contributed by atoms with Crippen LogP contribution in [0.5, 0.6) is 0 Å². The molecule has 1 atom stereocenters. The summed E-state index contributed by atoms with van der Waals surface area (Å²) >= 11 is 0. The molecule has 1 unspecified atom stereocenters. The number of hydrogen-bond donors (Lipinski definition) is 1. The van der Waals surface area contributed by atoms with Crippen molar-refractivity contribution < 1.29 is 8.42 Å². The Balaban J connectivity index is 2.06. The van der Waals surface area contributed by atoms with E-state index in [1.54, 1.807) is 6.20 Å². The number of sulfone groups is 1. The van der Waals surface area contributed by atoms with E-state index in [-0.39, 0.29) is 17.5 Å². The fraction of sp³-hybridized carbons (Fsp3) is 0.714. The standard InChI is InChI=1S/C14H25N5O2S/c1-4-19(12-6-10-22(20,21)11-12)13-5-7-15-14(17-13)16-8-9-18(2)3/h5,7,12H,4,6,8-11H2,1-3H3,(H,15,16,17). The second-order valence-corrected chi connectivity index (χ2v) is 8.04. The molecule has 1 aliphatic rings. The molecule has 0 saturated carbocycles. The summed E-state index contributed by atoms with van der Waals surface area (Å²) in [6, 6.07) is 1.85. The third-order valence-corrected chi connectivity index (χ3v) is 5.52. The molecule has 0 amide bonds. The summed E-state index contributed by atoms with van der Waals surface area (Å²) in [6.07, 6.45) is 2.38. The summed E-state index contributed by atoms with van der Waals surface area (Å²) in [4.78, 5) is 12.9. The maximum atomic E-state index is 11.7. The number of likely N-dealkylation sites (N-methyl/N-ethyl adjacent to an activating group) is 1. The van der Waals surface area contributed by atoms with E-state index in [4.69, 9.17) is 0 Å². The summed E-state index contributed by atoms with van der Waals surface area (Å²) in [5.41, 5.74) is 0. The maximum absolute atomic E-state index is 11.7. The lowest BCUT2D eigenvalue weighted by Gasteiger charge is -2.28. The zero-order chi connectivity index (χ0) is 16.2. The Labute approximate surface area is 132 Å². The van der Waals surface area contributed by atoms with Gasteiger partial charge in [-0.1, -0.05) is 0 Å². The van der Waals surface area contributed by atoms with Crippen LogP contribution in [0.1, 0.15) is 13.3 Å². The lowest BCUT2D eigenvalue weighted by atomic mass is 10.2. The zero-order valence-corrected chi connectivity index (χ0v) is 14.3. The highest BCUT2D eigenvalue weighted by atomic mass is 32.2. The maximum Gasteiger partial charge on any atom is 0.224 e. The first-order valence-electron chi connectivity index (χ1n) is 7.60. The van der Waals surface area contributed by atoms with Crippen molar-refractivity contribution in [2.45, 2.75) is 19.4 Å². The Morgan fingerprint density at radius 3 is 2.77 bits per heavy atom. The summed E-state index contributed by atoms with van der Waals surface area (Å²) < 4.78 is 23.4. The number of nitrogens with zero attached hydrogens (tertiary/aromatic N) is 4. The predicted octanol–water partition coefficient (Wildman–Crippen LogP) is 0.464. The molecule has 2 heterocycles. The Morgan fingerprint density at radius 1 is 1.41 bits per heavy atom. The molecule has 1 saturated heterocycles. The van der Waals surface area contributed by atoms with Gasteiger partial charge in [0.05, 0.1) is 11.5 Å². The van der Waals surface area contributed by atoms with Crippen LogP contribution in [0.3, 0.4) is 0 Å². The number of nitrogens with one attached hydrogen (secondary N) is 1. The third-order valence-electron chi connectivity index (χ3n) is 3.77. The van der Waals surface area contributed by atoms with Gasteiger partial charge in [0.25, 0.3) is 0 Å². The summed E-state index contributed by atoms with van der Waals surface area (Å²) in [5.74, 6) is 1.85. The summed E-state index contributed by atoms with van der Waals surface area (Å²) in [6.45, 7) is 4.41. The normalized spacial score (nSPS) is 20.3. The fourth-order valence-corrected chi connectivity index (χ4v) is 4.34. The zero-order valence-electron chi connectivity index (χ0n) is 13.5. The van der Waals surface area contributed by atoms with E-state index in [1.165, 1.54) is 0 Å². The second kappa shape index (κ2) is 7.23. The average Bonchev–Trinajstić information content (AvgIpc) is 2.80. The van der Waals surface area contributed by atoms with E-state index in [2.05, 4.69) is 25.1 Å². The van der Waals surface area contributed by atoms with E-state index in [1.807, 2.05) is 27.1 Å². The molecule has 0 aliphatic carbocycles. The highest BCUT2D eigenvalue weighted by Crippen LogP contribution is 2.23. The van der Waals surface area contributed by atoms with Gasteiger partial charge >= 0.3 is 0 Å². The van der Waals surface area contributed by atoms with Crippen LogP contribution in [-0.4, -0.2) is 74.6 Å². The molecular formula is C14H25N5O2S. The van der Waals surface area contributed by atoms with Crippen LogP contribution >= 0.6 is 0 Å². The van der Waals surface area contributed by atoms with Crippen molar-refractivity contribution in [3.05, 3.63) is 12.3 Å². The van der Waals surface area contributed by atoms with Crippen LogP contribution in [0, 0.1) is 0 Å².